The van der Waals surface area contributed by atoms with Gasteiger partial charge in [-0.3, -0.25) is 0 Å². The molecule has 2 fully saturated rings. The van der Waals surface area contributed by atoms with Crippen molar-refractivity contribution >= 4 is 21.7 Å². The van der Waals surface area contributed by atoms with Gasteiger partial charge >= 0.3 is 6.03 Å². The summed E-state index contributed by atoms with van der Waals surface area (Å²) in [5.74, 6) is 0. The molecule has 7 nitrogen and oxygen atoms in total. The highest BCUT2D eigenvalue weighted by molar-refractivity contribution is 7.89. The quantitative estimate of drug-likeness (QED) is 0.836. The minimum absolute atomic E-state index is 0.191. The van der Waals surface area contributed by atoms with E-state index in [0.717, 1.165) is 16.8 Å². The first kappa shape index (κ1) is 19.9. The molecule has 0 saturated carbocycles. The Labute approximate surface area is 171 Å². The second-order valence-electron chi connectivity index (χ2n) is 7.72. The summed E-state index contributed by atoms with van der Waals surface area (Å²) in [6.45, 7) is 5.08. The number of amides is 2. The largest absolute Gasteiger partial charge is 0.369 e. The Morgan fingerprint density at radius 1 is 0.966 bits per heavy atom. The molecule has 4 rings (SSSR count). The maximum atomic E-state index is 13.0. The van der Waals surface area contributed by atoms with Crippen molar-refractivity contribution in [1.82, 2.24) is 9.21 Å². The molecule has 0 spiro atoms. The van der Waals surface area contributed by atoms with Gasteiger partial charge < -0.3 is 15.0 Å². The Hall–Kier alpha value is -2.42. The van der Waals surface area contributed by atoms with Crippen molar-refractivity contribution in [2.75, 3.05) is 31.5 Å². The summed E-state index contributed by atoms with van der Waals surface area (Å²) >= 11 is 0. The van der Waals surface area contributed by atoms with Crippen molar-refractivity contribution in [3.05, 3.63) is 59.7 Å². The van der Waals surface area contributed by atoms with Crippen LogP contribution in [0.2, 0.25) is 0 Å². The highest BCUT2D eigenvalue weighted by Gasteiger charge is 2.41. The molecule has 29 heavy (non-hydrogen) atoms. The van der Waals surface area contributed by atoms with Gasteiger partial charge in [0.25, 0.3) is 0 Å². The number of ether oxygens (including phenoxy) is 1. The van der Waals surface area contributed by atoms with Crippen molar-refractivity contribution in [2.24, 2.45) is 0 Å². The van der Waals surface area contributed by atoms with E-state index in [0.29, 0.717) is 13.1 Å². The first-order valence-electron chi connectivity index (χ1n) is 9.66. The Balaban J connectivity index is 1.43. The summed E-state index contributed by atoms with van der Waals surface area (Å²) in [5.41, 5.74) is 2.83. The number of nitrogens with one attached hydrogen (secondary N) is 1. The normalized spacial score (nSPS) is 22.3. The van der Waals surface area contributed by atoms with Gasteiger partial charge in [-0.15, -0.1) is 0 Å². The minimum atomic E-state index is -3.58. The van der Waals surface area contributed by atoms with Crippen molar-refractivity contribution < 1.29 is 17.9 Å². The van der Waals surface area contributed by atoms with Gasteiger partial charge in [-0.05, 0) is 43.7 Å². The van der Waals surface area contributed by atoms with E-state index in [4.69, 9.17) is 4.74 Å². The monoisotopic (exact) mass is 415 g/mol. The Kier molecular flexibility index (Phi) is 5.33. The fourth-order valence-corrected chi connectivity index (χ4v) is 5.30. The van der Waals surface area contributed by atoms with Gasteiger partial charge in [0.15, 0.2) is 0 Å². The number of sulfonamides is 1. The summed E-state index contributed by atoms with van der Waals surface area (Å²) in [6.07, 6.45) is -0.683. The number of urea groups is 1. The van der Waals surface area contributed by atoms with Crippen molar-refractivity contribution in [1.29, 1.82) is 0 Å². The summed E-state index contributed by atoms with van der Waals surface area (Å²) in [4.78, 5) is 14.7. The van der Waals surface area contributed by atoms with Crippen LogP contribution in [0.5, 0.6) is 0 Å². The van der Waals surface area contributed by atoms with Crippen molar-refractivity contribution in [3.63, 3.8) is 0 Å². The average molecular weight is 416 g/mol. The SMILES string of the molecule is Cc1ccc(S(=O)(=O)N2CC3CN(C(=O)Nc4cccc(C)c4)CC(C2)O3)cc1. The standard InChI is InChI=1S/C21H25N3O4S/c1-15-6-8-20(9-7-15)29(26,27)24-13-18-11-23(12-19(14-24)28-18)21(25)22-17-5-3-4-16(2)10-17/h3-10,18-19H,11-14H2,1-2H3,(H,22,25). The van der Waals surface area contributed by atoms with Gasteiger partial charge in [0.05, 0.1) is 30.2 Å². The predicted octanol–water partition coefficient (Wildman–Crippen LogP) is 2.61. The van der Waals surface area contributed by atoms with Crippen LogP contribution in [0.25, 0.3) is 0 Å². The first-order chi connectivity index (χ1) is 13.8. The lowest BCUT2D eigenvalue weighted by atomic mass is 10.1. The number of fused-ring (bicyclic) bond motifs is 2. The van der Waals surface area contributed by atoms with Crippen LogP contribution in [0, 0.1) is 13.8 Å². The number of nitrogens with zero attached hydrogens (tertiary/aromatic N) is 2. The van der Waals surface area contributed by atoms with Crippen LogP contribution in [-0.4, -0.2) is 62.0 Å². The number of aryl methyl sites for hydroxylation is 2. The molecule has 2 aromatic rings. The van der Waals surface area contributed by atoms with Gasteiger partial charge in [0.2, 0.25) is 10.0 Å². The van der Waals surface area contributed by atoms with Gasteiger partial charge in [0, 0.05) is 18.8 Å². The van der Waals surface area contributed by atoms with E-state index >= 15 is 0 Å². The molecule has 154 valence electrons. The minimum Gasteiger partial charge on any atom is -0.369 e. The van der Waals surface area contributed by atoms with E-state index in [1.54, 1.807) is 29.2 Å². The number of rotatable bonds is 3. The van der Waals surface area contributed by atoms with Crippen LogP contribution >= 0.6 is 0 Å². The van der Waals surface area contributed by atoms with E-state index < -0.39 is 10.0 Å². The predicted molar refractivity (Wildman–Crippen MR) is 110 cm³/mol. The van der Waals surface area contributed by atoms with Crippen LogP contribution in [0.1, 0.15) is 11.1 Å². The maximum Gasteiger partial charge on any atom is 0.322 e. The smallest absolute Gasteiger partial charge is 0.322 e. The summed E-state index contributed by atoms with van der Waals surface area (Å²) in [5, 5.41) is 2.91. The van der Waals surface area contributed by atoms with Crippen molar-refractivity contribution in [3.8, 4) is 0 Å². The first-order valence-corrected chi connectivity index (χ1v) is 11.1. The third kappa shape index (κ3) is 4.29. The molecule has 2 aromatic carbocycles. The van der Waals surface area contributed by atoms with Crippen LogP contribution in [0.15, 0.2) is 53.4 Å². The summed E-state index contributed by atoms with van der Waals surface area (Å²) in [7, 11) is -3.58. The Bertz CT molecular complexity index is 993. The number of hydrogen-bond donors (Lipinski definition) is 1. The van der Waals surface area contributed by atoms with E-state index in [1.165, 1.54) is 4.31 Å². The molecule has 2 unspecified atom stereocenters. The molecule has 2 heterocycles. The highest BCUT2D eigenvalue weighted by atomic mass is 32.2. The average Bonchev–Trinajstić information content (AvgIpc) is 2.67. The number of hydrogen-bond acceptors (Lipinski definition) is 4. The molecule has 2 aliphatic heterocycles. The molecule has 2 aliphatic rings. The fourth-order valence-electron chi connectivity index (χ4n) is 3.80. The van der Waals surface area contributed by atoms with E-state index in [1.807, 2.05) is 38.1 Å². The third-order valence-corrected chi connectivity index (χ3v) is 7.11. The lowest BCUT2D eigenvalue weighted by Gasteiger charge is -2.45. The van der Waals surface area contributed by atoms with Gasteiger partial charge in [-0.2, -0.15) is 4.31 Å². The molecule has 0 aromatic heterocycles. The molecule has 0 aliphatic carbocycles. The second kappa shape index (κ2) is 7.78. The fraction of sp³-hybridized carbons (Fsp3) is 0.381. The zero-order valence-corrected chi connectivity index (χ0v) is 17.4. The molecular formula is C21H25N3O4S. The van der Waals surface area contributed by atoms with Crippen LogP contribution in [-0.2, 0) is 14.8 Å². The molecule has 1 N–H and O–H groups in total. The second-order valence-corrected chi connectivity index (χ2v) is 9.66. The molecule has 2 atom stereocenters. The zero-order chi connectivity index (χ0) is 20.6. The van der Waals surface area contributed by atoms with Crippen molar-refractivity contribution in [2.45, 2.75) is 31.0 Å². The number of morpholine rings is 2. The van der Waals surface area contributed by atoms with Crippen LogP contribution in [0.3, 0.4) is 0 Å². The number of carbonyl (C=O) groups excluding carboxylic acids is 1. The number of carbonyl (C=O) groups is 1. The molecule has 2 saturated heterocycles. The summed E-state index contributed by atoms with van der Waals surface area (Å²) < 4.78 is 33.4. The van der Waals surface area contributed by atoms with Gasteiger partial charge in [-0.25, -0.2) is 13.2 Å². The number of benzene rings is 2. The Morgan fingerprint density at radius 3 is 2.24 bits per heavy atom. The molecule has 0 radical (unpaired) electrons. The van der Waals surface area contributed by atoms with E-state index in [2.05, 4.69) is 5.32 Å². The lowest BCUT2D eigenvalue weighted by Crippen LogP contribution is -2.61. The molecule has 2 amide bonds. The van der Waals surface area contributed by atoms with Crippen LogP contribution in [0.4, 0.5) is 10.5 Å². The maximum absolute atomic E-state index is 13.0. The topological polar surface area (TPSA) is 79.0 Å². The molecule has 2 bridgehead atoms. The number of anilines is 1. The van der Waals surface area contributed by atoms with Crippen LogP contribution < -0.4 is 5.32 Å². The Morgan fingerprint density at radius 2 is 1.62 bits per heavy atom. The van der Waals surface area contributed by atoms with E-state index in [9.17, 15) is 13.2 Å². The third-order valence-electron chi connectivity index (χ3n) is 5.26. The highest BCUT2D eigenvalue weighted by Crippen LogP contribution is 2.25. The molecular weight excluding hydrogens is 390 g/mol. The summed E-state index contributed by atoms with van der Waals surface area (Å²) in [6, 6.07) is 14.3. The van der Waals surface area contributed by atoms with Gasteiger partial charge in [-0.1, -0.05) is 29.8 Å². The molecule has 8 heteroatoms. The zero-order valence-electron chi connectivity index (χ0n) is 16.5. The lowest BCUT2D eigenvalue weighted by molar-refractivity contribution is -0.110. The van der Waals surface area contributed by atoms with Gasteiger partial charge in [0.1, 0.15) is 0 Å². The van der Waals surface area contributed by atoms with E-state index in [-0.39, 0.29) is 36.2 Å².